The number of hydrogen-bond donors (Lipinski definition) is 1. The van der Waals surface area contributed by atoms with E-state index >= 15 is 0 Å². The first-order valence-electron chi connectivity index (χ1n) is 5.57. The fourth-order valence-electron chi connectivity index (χ4n) is 2.51. The van der Waals surface area contributed by atoms with Crippen molar-refractivity contribution in [3.8, 4) is 0 Å². The highest BCUT2D eigenvalue weighted by Gasteiger charge is 2.29. The molecule has 1 heteroatoms. The van der Waals surface area contributed by atoms with Crippen LogP contribution in [0.25, 0.3) is 0 Å². The summed E-state index contributed by atoms with van der Waals surface area (Å²) in [4.78, 5) is 0. The Kier molecular flexibility index (Phi) is 2.69. The molecule has 0 bridgehead atoms. The van der Waals surface area contributed by atoms with Gasteiger partial charge in [0.25, 0.3) is 0 Å². The van der Waals surface area contributed by atoms with Crippen LogP contribution in [-0.4, -0.2) is 13.1 Å². The smallest absolute Gasteiger partial charge is 0.00204 e. The van der Waals surface area contributed by atoms with Crippen LogP contribution in [0.5, 0.6) is 0 Å². The molecule has 0 spiro atoms. The fraction of sp³-hybridized carbons (Fsp3) is 1.00. The van der Waals surface area contributed by atoms with Gasteiger partial charge in [-0.15, -0.1) is 0 Å². The summed E-state index contributed by atoms with van der Waals surface area (Å²) >= 11 is 0. The molecule has 1 aliphatic heterocycles. The van der Waals surface area contributed by atoms with Crippen LogP contribution < -0.4 is 5.32 Å². The molecule has 1 saturated heterocycles. The molecular weight excluding hydrogens is 146 g/mol. The van der Waals surface area contributed by atoms with Crippen LogP contribution in [0, 0.1) is 17.8 Å². The van der Waals surface area contributed by atoms with Crippen LogP contribution in [0.1, 0.15) is 39.0 Å². The maximum atomic E-state index is 3.50. The second kappa shape index (κ2) is 3.78. The van der Waals surface area contributed by atoms with Crippen molar-refractivity contribution in [2.24, 2.45) is 17.8 Å². The zero-order valence-corrected chi connectivity index (χ0v) is 8.18. The monoisotopic (exact) mass is 167 g/mol. The summed E-state index contributed by atoms with van der Waals surface area (Å²) in [5, 5.41) is 3.50. The van der Waals surface area contributed by atoms with Crippen molar-refractivity contribution in [1.29, 1.82) is 0 Å². The van der Waals surface area contributed by atoms with Gasteiger partial charge in [0, 0.05) is 0 Å². The molecular formula is C11H21N. The third kappa shape index (κ3) is 2.22. The number of hydrogen-bond acceptors (Lipinski definition) is 1. The van der Waals surface area contributed by atoms with E-state index in [1.807, 2.05) is 0 Å². The molecule has 2 unspecified atom stereocenters. The average Bonchev–Trinajstić information content (AvgIpc) is 2.88. The quantitative estimate of drug-likeness (QED) is 0.680. The van der Waals surface area contributed by atoms with Crippen molar-refractivity contribution in [2.45, 2.75) is 39.0 Å². The van der Waals surface area contributed by atoms with Crippen LogP contribution in [0.3, 0.4) is 0 Å². The van der Waals surface area contributed by atoms with Crippen molar-refractivity contribution < 1.29 is 0 Å². The van der Waals surface area contributed by atoms with Crippen LogP contribution in [-0.2, 0) is 0 Å². The zero-order chi connectivity index (χ0) is 8.39. The molecule has 1 saturated carbocycles. The molecule has 0 aromatic heterocycles. The molecule has 1 nitrogen and oxygen atoms in total. The van der Waals surface area contributed by atoms with Gasteiger partial charge >= 0.3 is 0 Å². The Morgan fingerprint density at radius 3 is 2.75 bits per heavy atom. The Morgan fingerprint density at radius 2 is 2.17 bits per heavy atom. The maximum Gasteiger partial charge on any atom is -0.00204 e. The summed E-state index contributed by atoms with van der Waals surface area (Å²) in [6, 6.07) is 0. The van der Waals surface area contributed by atoms with Gasteiger partial charge in [-0.25, -0.2) is 0 Å². The summed E-state index contributed by atoms with van der Waals surface area (Å²) in [5.74, 6) is 3.11. The van der Waals surface area contributed by atoms with Gasteiger partial charge in [-0.1, -0.05) is 6.92 Å². The van der Waals surface area contributed by atoms with Crippen molar-refractivity contribution >= 4 is 0 Å². The lowest BCUT2D eigenvalue weighted by atomic mass is 9.88. The molecule has 2 rings (SSSR count). The molecule has 1 heterocycles. The van der Waals surface area contributed by atoms with E-state index in [9.17, 15) is 0 Å². The molecule has 70 valence electrons. The first kappa shape index (κ1) is 8.55. The second-order valence-corrected chi connectivity index (χ2v) is 4.76. The van der Waals surface area contributed by atoms with Crippen LogP contribution in [0.2, 0.25) is 0 Å². The normalized spacial score (nSPS) is 33.2. The molecule has 2 aliphatic rings. The molecule has 1 N–H and O–H groups in total. The van der Waals surface area contributed by atoms with E-state index in [1.165, 1.54) is 45.2 Å². The van der Waals surface area contributed by atoms with Crippen LogP contribution >= 0.6 is 0 Å². The van der Waals surface area contributed by atoms with Crippen molar-refractivity contribution in [2.75, 3.05) is 13.1 Å². The SMILES string of the molecule is CC(CC1CCCNC1)C1CC1. The van der Waals surface area contributed by atoms with E-state index in [-0.39, 0.29) is 0 Å². The van der Waals surface area contributed by atoms with Gasteiger partial charge < -0.3 is 5.32 Å². The maximum absolute atomic E-state index is 3.50. The Hall–Kier alpha value is -0.0400. The van der Waals surface area contributed by atoms with Crippen molar-refractivity contribution in [3.05, 3.63) is 0 Å². The van der Waals surface area contributed by atoms with Gasteiger partial charge in [0.1, 0.15) is 0 Å². The van der Waals surface area contributed by atoms with Gasteiger partial charge in [-0.3, -0.25) is 0 Å². The lowest BCUT2D eigenvalue weighted by molar-refractivity contribution is 0.296. The zero-order valence-electron chi connectivity index (χ0n) is 8.18. The molecule has 0 radical (unpaired) electrons. The minimum atomic E-state index is 0.995. The first-order chi connectivity index (χ1) is 5.86. The molecule has 2 fully saturated rings. The third-order valence-corrected chi connectivity index (χ3v) is 3.53. The topological polar surface area (TPSA) is 12.0 Å². The van der Waals surface area contributed by atoms with Gasteiger partial charge in [-0.05, 0) is 62.9 Å². The predicted molar refractivity (Wildman–Crippen MR) is 52.1 cm³/mol. The van der Waals surface area contributed by atoms with E-state index in [0.717, 1.165) is 17.8 Å². The molecule has 1 aliphatic carbocycles. The Bertz CT molecular complexity index is 134. The summed E-state index contributed by atoms with van der Waals surface area (Å²) in [5.41, 5.74) is 0. The van der Waals surface area contributed by atoms with Gasteiger partial charge in [0.2, 0.25) is 0 Å². The number of rotatable bonds is 3. The molecule has 0 aromatic rings. The number of piperidine rings is 1. The first-order valence-corrected chi connectivity index (χ1v) is 5.57. The van der Waals surface area contributed by atoms with E-state index in [2.05, 4.69) is 12.2 Å². The molecule has 0 amide bonds. The summed E-state index contributed by atoms with van der Waals surface area (Å²) in [6.45, 7) is 5.00. The highest BCUT2D eigenvalue weighted by Crippen LogP contribution is 2.40. The summed E-state index contributed by atoms with van der Waals surface area (Å²) < 4.78 is 0. The lowest BCUT2D eigenvalue weighted by Crippen LogP contribution is -2.30. The van der Waals surface area contributed by atoms with Crippen LogP contribution in [0.15, 0.2) is 0 Å². The molecule has 0 aromatic carbocycles. The standard InChI is InChI=1S/C11H21N/c1-9(11-4-5-11)7-10-3-2-6-12-8-10/h9-12H,2-8H2,1H3. The lowest BCUT2D eigenvalue weighted by Gasteiger charge is -2.25. The Balaban J connectivity index is 1.69. The van der Waals surface area contributed by atoms with Gasteiger partial charge in [-0.2, -0.15) is 0 Å². The predicted octanol–water partition coefficient (Wildman–Crippen LogP) is 2.42. The van der Waals surface area contributed by atoms with Gasteiger partial charge in [0.05, 0.1) is 0 Å². The number of nitrogens with one attached hydrogen (secondary N) is 1. The van der Waals surface area contributed by atoms with Crippen LogP contribution in [0.4, 0.5) is 0 Å². The van der Waals surface area contributed by atoms with E-state index in [1.54, 1.807) is 0 Å². The molecule has 12 heavy (non-hydrogen) atoms. The highest BCUT2D eigenvalue weighted by atomic mass is 14.9. The van der Waals surface area contributed by atoms with Crippen molar-refractivity contribution in [3.63, 3.8) is 0 Å². The fourth-order valence-corrected chi connectivity index (χ4v) is 2.51. The minimum absolute atomic E-state index is 0.995. The average molecular weight is 167 g/mol. The Morgan fingerprint density at radius 1 is 1.33 bits per heavy atom. The second-order valence-electron chi connectivity index (χ2n) is 4.76. The van der Waals surface area contributed by atoms with Crippen molar-refractivity contribution in [1.82, 2.24) is 5.32 Å². The molecule has 2 atom stereocenters. The van der Waals surface area contributed by atoms with E-state index in [4.69, 9.17) is 0 Å². The minimum Gasteiger partial charge on any atom is -0.316 e. The third-order valence-electron chi connectivity index (χ3n) is 3.53. The van der Waals surface area contributed by atoms with E-state index in [0.29, 0.717) is 0 Å². The van der Waals surface area contributed by atoms with E-state index < -0.39 is 0 Å². The Labute approximate surface area is 75.9 Å². The highest BCUT2D eigenvalue weighted by molar-refractivity contribution is 4.81. The largest absolute Gasteiger partial charge is 0.316 e. The summed E-state index contributed by atoms with van der Waals surface area (Å²) in [6.07, 6.45) is 7.40. The van der Waals surface area contributed by atoms with Gasteiger partial charge in [0.15, 0.2) is 0 Å². The summed E-state index contributed by atoms with van der Waals surface area (Å²) in [7, 11) is 0.